The number of methoxy groups -OCH3 is 1. The van der Waals surface area contributed by atoms with E-state index in [4.69, 9.17) is 4.74 Å². The standard InChI is InChI=1S/C16H23N3O/c1-12(19(2)3)10-17-11-14-9-8-13-6-5-7-15(20-4)16(13)18-14/h5-9,12,17H,10-11H2,1-4H3. The molecule has 2 rings (SSSR count). The Hall–Kier alpha value is -1.65. The lowest BCUT2D eigenvalue weighted by Crippen LogP contribution is -2.35. The van der Waals surface area contributed by atoms with Gasteiger partial charge in [-0.05, 0) is 33.2 Å². The van der Waals surface area contributed by atoms with E-state index in [9.17, 15) is 0 Å². The molecule has 0 aliphatic carbocycles. The molecule has 2 aromatic rings. The van der Waals surface area contributed by atoms with Gasteiger partial charge in [-0.2, -0.15) is 0 Å². The Morgan fingerprint density at radius 3 is 2.75 bits per heavy atom. The number of fused-ring (bicyclic) bond motifs is 1. The van der Waals surface area contributed by atoms with Crippen LogP contribution in [0.3, 0.4) is 0 Å². The summed E-state index contributed by atoms with van der Waals surface area (Å²) in [7, 11) is 5.86. The third kappa shape index (κ3) is 3.46. The number of hydrogen-bond acceptors (Lipinski definition) is 4. The summed E-state index contributed by atoms with van der Waals surface area (Å²) in [4.78, 5) is 6.88. The van der Waals surface area contributed by atoms with Gasteiger partial charge >= 0.3 is 0 Å². The number of para-hydroxylation sites is 1. The zero-order valence-corrected chi connectivity index (χ0v) is 12.7. The van der Waals surface area contributed by atoms with Crippen LogP contribution in [0.15, 0.2) is 30.3 Å². The summed E-state index contributed by atoms with van der Waals surface area (Å²) in [5.41, 5.74) is 1.96. The van der Waals surface area contributed by atoms with Crippen LogP contribution in [0.25, 0.3) is 10.9 Å². The molecule has 0 amide bonds. The lowest BCUT2D eigenvalue weighted by atomic mass is 10.2. The van der Waals surface area contributed by atoms with Crippen LogP contribution in [0, 0.1) is 0 Å². The molecule has 0 radical (unpaired) electrons. The Morgan fingerprint density at radius 1 is 1.25 bits per heavy atom. The molecule has 0 fully saturated rings. The number of nitrogens with one attached hydrogen (secondary N) is 1. The van der Waals surface area contributed by atoms with Crippen LogP contribution in [0.2, 0.25) is 0 Å². The molecular formula is C16H23N3O. The summed E-state index contributed by atoms with van der Waals surface area (Å²) in [6.07, 6.45) is 0. The molecule has 1 aromatic carbocycles. The van der Waals surface area contributed by atoms with Crippen LogP contribution in [-0.4, -0.2) is 43.7 Å². The number of pyridine rings is 1. The fraction of sp³-hybridized carbons (Fsp3) is 0.438. The van der Waals surface area contributed by atoms with Crippen molar-refractivity contribution in [2.45, 2.75) is 19.5 Å². The molecule has 4 nitrogen and oxygen atoms in total. The molecule has 0 aliphatic heterocycles. The molecule has 0 saturated carbocycles. The number of ether oxygens (including phenoxy) is 1. The van der Waals surface area contributed by atoms with Crippen molar-refractivity contribution in [1.29, 1.82) is 0 Å². The number of hydrogen-bond donors (Lipinski definition) is 1. The lowest BCUT2D eigenvalue weighted by molar-refractivity contribution is 0.302. The van der Waals surface area contributed by atoms with E-state index in [0.717, 1.165) is 35.4 Å². The van der Waals surface area contributed by atoms with Crippen molar-refractivity contribution < 1.29 is 4.74 Å². The van der Waals surface area contributed by atoms with Gasteiger partial charge in [0, 0.05) is 24.5 Å². The first kappa shape index (κ1) is 14.8. The van der Waals surface area contributed by atoms with Crippen molar-refractivity contribution in [3.63, 3.8) is 0 Å². The van der Waals surface area contributed by atoms with Crippen LogP contribution >= 0.6 is 0 Å². The first-order valence-electron chi connectivity index (χ1n) is 6.91. The number of aromatic nitrogens is 1. The fourth-order valence-corrected chi connectivity index (χ4v) is 2.02. The van der Waals surface area contributed by atoms with Crippen molar-refractivity contribution >= 4 is 10.9 Å². The highest BCUT2D eigenvalue weighted by atomic mass is 16.5. The molecule has 20 heavy (non-hydrogen) atoms. The third-order valence-corrected chi connectivity index (χ3v) is 3.59. The Labute approximate surface area is 120 Å². The monoisotopic (exact) mass is 273 g/mol. The first-order valence-corrected chi connectivity index (χ1v) is 6.91. The minimum absolute atomic E-state index is 0.505. The molecule has 0 saturated heterocycles. The molecule has 4 heteroatoms. The van der Waals surface area contributed by atoms with Gasteiger partial charge in [-0.1, -0.05) is 18.2 Å². The Kier molecular flexibility index (Phi) is 4.93. The van der Waals surface area contributed by atoms with Crippen molar-refractivity contribution in [2.75, 3.05) is 27.7 Å². The van der Waals surface area contributed by atoms with Gasteiger partial charge in [0.25, 0.3) is 0 Å². The van der Waals surface area contributed by atoms with Crippen molar-refractivity contribution in [3.05, 3.63) is 36.0 Å². The number of rotatable bonds is 6. The van der Waals surface area contributed by atoms with Crippen LogP contribution < -0.4 is 10.1 Å². The molecular weight excluding hydrogens is 250 g/mol. The second-order valence-electron chi connectivity index (χ2n) is 5.28. The molecule has 0 spiro atoms. The maximum atomic E-state index is 5.37. The van der Waals surface area contributed by atoms with Gasteiger partial charge in [-0.25, -0.2) is 4.98 Å². The largest absolute Gasteiger partial charge is 0.494 e. The number of nitrogens with zero attached hydrogens (tertiary/aromatic N) is 2. The van der Waals surface area contributed by atoms with E-state index in [2.05, 4.69) is 54.4 Å². The smallest absolute Gasteiger partial charge is 0.145 e. The van der Waals surface area contributed by atoms with Gasteiger partial charge in [0.15, 0.2) is 0 Å². The minimum Gasteiger partial charge on any atom is -0.494 e. The molecule has 1 unspecified atom stereocenters. The first-order chi connectivity index (χ1) is 9.61. The van der Waals surface area contributed by atoms with Gasteiger partial charge < -0.3 is 15.0 Å². The quantitative estimate of drug-likeness (QED) is 0.876. The van der Waals surface area contributed by atoms with E-state index >= 15 is 0 Å². The maximum Gasteiger partial charge on any atom is 0.145 e. The van der Waals surface area contributed by atoms with Crippen LogP contribution in [0.5, 0.6) is 5.75 Å². The summed E-state index contributed by atoms with van der Waals surface area (Å²) in [5.74, 6) is 0.825. The van der Waals surface area contributed by atoms with Crippen molar-refractivity contribution in [2.24, 2.45) is 0 Å². The average Bonchev–Trinajstić information content (AvgIpc) is 2.46. The average molecular weight is 273 g/mol. The second kappa shape index (κ2) is 6.68. The molecule has 1 N–H and O–H groups in total. The Balaban J connectivity index is 2.08. The molecule has 1 aromatic heterocycles. The summed E-state index contributed by atoms with van der Waals surface area (Å²) < 4.78 is 5.37. The molecule has 0 bridgehead atoms. The highest BCUT2D eigenvalue weighted by Crippen LogP contribution is 2.23. The van der Waals surface area contributed by atoms with Gasteiger partial charge in [0.05, 0.1) is 12.8 Å². The molecule has 1 heterocycles. The maximum absolute atomic E-state index is 5.37. The second-order valence-corrected chi connectivity index (χ2v) is 5.28. The van der Waals surface area contributed by atoms with Gasteiger partial charge in [0.1, 0.15) is 11.3 Å². The number of likely N-dealkylation sites (N-methyl/N-ethyl adjacent to an activating group) is 1. The van der Waals surface area contributed by atoms with Crippen molar-refractivity contribution in [1.82, 2.24) is 15.2 Å². The van der Waals surface area contributed by atoms with E-state index in [1.807, 2.05) is 12.1 Å². The highest BCUT2D eigenvalue weighted by molar-refractivity contribution is 5.84. The van der Waals surface area contributed by atoms with Crippen LogP contribution in [0.4, 0.5) is 0 Å². The third-order valence-electron chi connectivity index (χ3n) is 3.59. The van der Waals surface area contributed by atoms with E-state index in [1.54, 1.807) is 7.11 Å². The van der Waals surface area contributed by atoms with Gasteiger partial charge in [0.2, 0.25) is 0 Å². The summed E-state index contributed by atoms with van der Waals surface area (Å²) >= 11 is 0. The predicted molar refractivity (Wildman–Crippen MR) is 83.2 cm³/mol. The van der Waals surface area contributed by atoms with Gasteiger partial charge in [-0.3, -0.25) is 0 Å². The zero-order chi connectivity index (χ0) is 14.5. The zero-order valence-electron chi connectivity index (χ0n) is 12.7. The molecule has 0 aliphatic rings. The summed E-state index contributed by atoms with van der Waals surface area (Å²) in [6.45, 7) is 3.91. The normalized spacial score (nSPS) is 12.8. The Bertz CT molecular complexity index is 569. The van der Waals surface area contributed by atoms with Crippen LogP contribution in [-0.2, 0) is 6.54 Å². The van der Waals surface area contributed by atoms with E-state index in [1.165, 1.54) is 0 Å². The summed E-state index contributed by atoms with van der Waals surface area (Å²) in [6, 6.07) is 10.6. The highest BCUT2D eigenvalue weighted by Gasteiger charge is 2.06. The topological polar surface area (TPSA) is 37.4 Å². The predicted octanol–water partition coefficient (Wildman–Crippen LogP) is 2.28. The van der Waals surface area contributed by atoms with E-state index in [0.29, 0.717) is 6.04 Å². The van der Waals surface area contributed by atoms with Gasteiger partial charge in [-0.15, -0.1) is 0 Å². The Morgan fingerprint density at radius 2 is 2.05 bits per heavy atom. The molecule has 1 atom stereocenters. The van der Waals surface area contributed by atoms with Crippen molar-refractivity contribution in [3.8, 4) is 5.75 Å². The lowest BCUT2D eigenvalue weighted by Gasteiger charge is -2.20. The molecule has 108 valence electrons. The van der Waals surface area contributed by atoms with Crippen LogP contribution in [0.1, 0.15) is 12.6 Å². The SMILES string of the molecule is COc1cccc2ccc(CNCC(C)N(C)C)nc12. The van der Waals surface area contributed by atoms with E-state index in [-0.39, 0.29) is 0 Å². The fourth-order valence-electron chi connectivity index (χ4n) is 2.02. The van der Waals surface area contributed by atoms with E-state index < -0.39 is 0 Å². The minimum atomic E-state index is 0.505. The summed E-state index contributed by atoms with van der Waals surface area (Å²) in [5, 5.41) is 4.55. The number of benzene rings is 1.